The number of fused-ring (bicyclic) bond motifs is 1. The largest absolute Gasteiger partial charge is 0.493 e. The first-order chi connectivity index (χ1) is 14.5. The summed E-state index contributed by atoms with van der Waals surface area (Å²) in [5.41, 5.74) is 0.836. The Bertz CT molecular complexity index is 1090. The van der Waals surface area contributed by atoms with Crippen molar-refractivity contribution >= 4 is 17.2 Å². The molecule has 0 atom stereocenters. The highest BCUT2D eigenvalue weighted by Gasteiger charge is 2.29. The van der Waals surface area contributed by atoms with Gasteiger partial charge in [-0.2, -0.15) is 5.10 Å². The number of methoxy groups -OCH3 is 3. The molecular weight excluding hydrogens is 398 g/mol. The summed E-state index contributed by atoms with van der Waals surface area (Å²) in [7, 11) is 4.40. The zero-order chi connectivity index (χ0) is 21.4. The molecule has 30 heavy (non-hydrogen) atoms. The van der Waals surface area contributed by atoms with Gasteiger partial charge in [0.1, 0.15) is 11.3 Å². The molecule has 158 valence electrons. The van der Waals surface area contributed by atoms with E-state index in [0.717, 1.165) is 17.4 Å². The number of benzene rings is 1. The lowest BCUT2D eigenvalue weighted by atomic mass is 10.2. The minimum absolute atomic E-state index is 0.0909. The average Bonchev–Trinajstić information content (AvgIpc) is 3.50. The monoisotopic (exact) mass is 418 g/mol. The van der Waals surface area contributed by atoms with Crippen molar-refractivity contribution in [2.24, 2.45) is 0 Å². The lowest BCUT2D eigenvalue weighted by molar-refractivity contribution is 0.102. The summed E-state index contributed by atoms with van der Waals surface area (Å²) in [6.07, 6.45) is 0.289. The van der Waals surface area contributed by atoms with Crippen LogP contribution < -0.4 is 19.5 Å². The number of nitrogens with zero attached hydrogens (tertiary/aromatic N) is 3. The van der Waals surface area contributed by atoms with E-state index < -0.39 is 12.3 Å². The van der Waals surface area contributed by atoms with Crippen LogP contribution in [0.2, 0.25) is 0 Å². The van der Waals surface area contributed by atoms with Crippen molar-refractivity contribution in [3.05, 3.63) is 41.3 Å². The van der Waals surface area contributed by atoms with Crippen molar-refractivity contribution in [1.29, 1.82) is 0 Å². The van der Waals surface area contributed by atoms with Gasteiger partial charge in [0, 0.05) is 29.4 Å². The van der Waals surface area contributed by atoms with Gasteiger partial charge in [0.05, 0.1) is 27.5 Å². The third kappa shape index (κ3) is 3.49. The number of ether oxygens (including phenoxy) is 3. The Kier molecular flexibility index (Phi) is 5.15. The average molecular weight is 418 g/mol. The molecular formula is C20H20F2N4O4. The summed E-state index contributed by atoms with van der Waals surface area (Å²) in [4.78, 5) is 17.4. The van der Waals surface area contributed by atoms with Gasteiger partial charge in [0.2, 0.25) is 5.75 Å². The summed E-state index contributed by atoms with van der Waals surface area (Å²) >= 11 is 0. The van der Waals surface area contributed by atoms with E-state index in [1.165, 1.54) is 33.6 Å². The number of nitrogens with one attached hydrogen (secondary N) is 1. The van der Waals surface area contributed by atoms with Gasteiger partial charge >= 0.3 is 0 Å². The number of aromatic nitrogens is 3. The molecule has 8 nitrogen and oxygen atoms in total. The first kappa shape index (κ1) is 19.9. The lowest BCUT2D eigenvalue weighted by Gasteiger charge is -2.14. The highest BCUT2D eigenvalue weighted by Crippen LogP contribution is 2.41. The van der Waals surface area contributed by atoms with Crippen LogP contribution in [0.1, 0.15) is 46.9 Å². The van der Waals surface area contributed by atoms with Crippen molar-refractivity contribution in [3.8, 4) is 17.2 Å². The van der Waals surface area contributed by atoms with E-state index in [0.29, 0.717) is 28.6 Å². The molecule has 0 radical (unpaired) electrons. The molecule has 1 fully saturated rings. The number of rotatable bonds is 7. The van der Waals surface area contributed by atoms with Crippen LogP contribution in [0.3, 0.4) is 0 Å². The van der Waals surface area contributed by atoms with Crippen molar-refractivity contribution in [2.45, 2.75) is 25.2 Å². The van der Waals surface area contributed by atoms with E-state index in [4.69, 9.17) is 14.2 Å². The predicted molar refractivity (Wildman–Crippen MR) is 104 cm³/mol. The van der Waals surface area contributed by atoms with E-state index in [-0.39, 0.29) is 22.8 Å². The maximum absolute atomic E-state index is 13.5. The van der Waals surface area contributed by atoms with Crippen LogP contribution in [-0.2, 0) is 0 Å². The van der Waals surface area contributed by atoms with Crippen molar-refractivity contribution in [3.63, 3.8) is 0 Å². The number of anilines is 1. The Hall–Kier alpha value is -3.43. The summed E-state index contributed by atoms with van der Waals surface area (Å²) in [5.74, 6) is 0.710. The number of hydrogen-bond donors (Lipinski definition) is 1. The van der Waals surface area contributed by atoms with Crippen LogP contribution in [0, 0.1) is 0 Å². The standard InChI is InChI=1S/C20H20F2N4O4/c1-28-15-6-11(7-16(29-2)17(15)30-3)24-20(27)12-9-23-26-14(18(21)22)8-13(10-4-5-10)25-19(12)26/h6-10,18H,4-5H2,1-3H3,(H,24,27). The summed E-state index contributed by atoms with van der Waals surface area (Å²) in [5, 5.41) is 6.68. The molecule has 2 aromatic heterocycles. The van der Waals surface area contributed by atoms with E-state index in [9.17, 15) is 13.6 Å². The first-order valence-electron chi connectivity index (χ1n) is 9.24. The summed E-state index contributed by atoms with van der Waals surface area (Å²) in [6.45, 7) is 0. The highest BCUT2D eigenvalue weighted by molar-refractivity contribution is 6.08. The van der Waals surface area contributed by atoms with Crippen LogP contribution in [0.4, 0.5) is 14.5 Å². The lowest BCUT2D eigenvalue weighted by Crippen LogP contribution is -2.13. The number of carbonyl (C=O) groups is 1. The number of carbonyl (C=O) groups excluding carboxylic acids is 1. The molecule has 3 aromatic rings. The van der Waals surface area contributed by atoms with Crippen molar-refractivity contribution in [1.82, 2.24) is 14.6 Å². The molecule has 1 aliphatic carbocycles. The van der Waals surface area contributed by atoms with Crippen LogP contribution >= 0.6 is 0 Å². The van der Waals surface area contributed by atoms with Gasteiger partial charge in [-0.05, 0) is 18.9 Å². The van der Waals surface area contributed by atoms with Crippen LogP contribution in [0.25, 0.3) is 5.65 Å². The predicted octanol–water partition coefficient (Wildman–Crippen LogP) is 3.82. The minimum atomic E-state index is -2.74. The number of hydrogen-bond acceptors (Lipinski definition) is 6. The third-order valence-corrected chi connectivity index (χ3v) is 4.91. The molecule has 1 aliphatic rings. The first-order valence-corrected chi connectivity index (χ1v) is 9.24. The van der Waals surface area contributed by atoms with Crippen LogP contribution in [-0.4, -0.2) is 41.8 Å². The SMILES string of the molecule is COc1cc(NC(=O)c2cnn3c(C(F)F)cc(C4CC4)nc23)cc(OC)c1OC. The van der Waals surface area contributed by atoms with Gasteiger partial charge in [-0.15, -0.1) is 0 Å². The third-order valence-electron chi connectivity index (χ3n) is 4.91. The van der Waals surface area contributed by atoms with Crippen molar-refractivity contribution < 1.29 is 27.8 Å². The van der Waals surface area contributed by atoms with Crippen LogP contribution in [0.15, 0.2) is 24.4 Å². The molecule has 1 N–H and O–H groups in total. The topological polar surface area (TPSA) is 87.0 Å². The number of halogens is 2. The molecule has 0 unspecified atom stereocenters. The molecule has 4 rings (SSSR count). The molecule has 0 spiro atoms. The highest BCUT2D eigenvalue weighted by atomic mass is 19.3. The quantitative estimate of drug-likeness (QED) is 0.628. The molecule has 0 bridgehead atoms. The smallest absolute Gasteiger partial charge is 0.280 e. The second-order valence-electron chi connectivity index (χ2n) is 6.84. The zero-order valence-electron chi connectivity index (χ0n) is 16.6. The van der Waals surface area contributed by atoms with E-state index in [1.807, 2.05) is 0 Å². The van der Waals surface area contributed by atoms with Gasteiger partial charge in [-0.25, -0.2) is 18.3 Å². The van der Waals surface area contributed by atoms with Gasteiger partial charge < -0.3 is 19.5 Å². The fourth-order valence-corrected chi connectivity index (χ4v) is 3.26. The van der Waals surface area contributed by atoms with E-state index >= 15 is 0 Å². The molecule has 10 heteroatoms. The van der Waals surface area contributed by atoms with Gasteiger partial charge in [-0.3, -0.25) is 4.79 Å². The maximum Gasteiger partial charge on any atom is 0.280 e. The fourth-order valence-electron chi connectivity index (χ4n) is 3.26. The second kappa shape index (κ2) is 7.77. The molecule has 1 amide bonds. The van der Waals surface area contributed by atoms with Gasteiger partial charge in [0.25, 0.3) is 12.3 Å². The Morgan fingerprint density at radius 2 is 1.80 bits per heavy atom. The second-order valence-corrected chi connectivity index (χ2v) is 6.84. The number of amides is 1. The molecule has 0 aliphatic heterocycles. The van der Waals surface area contributed by atoms with Gasteiger partial charge in [-0.1, -0.05) is 0 Å². The molecule has 2 heterocycles. The maximum atomic E-state index is 13.5. The molecule has 0 saturated heterocycles. The zero-order valence-corrected chi connectivity index (χ0v) is 16.6. The summed E-state index contributed by atoms with van der Waals surface area (Å²) in [6, 6.07) is 4.50. The van der Waals surface area contributed by atoms with E-state index in [1.54, 1.807) is 12.1 Å². The molecule has 1 saturated carbocycles. The Morgan fingerprint density at radius 1 is 1.13 bits per heavy atom. The normalized spacial score (nSPS) is 13.5. The Labute approximate surface area is 170 Å². The van der Waals surface area contributed by atoms with Gasteiger partial charge in [0.15, 0.2) is 17.1 Å². The molecule has 1 aromatic carbocycles. The van der Waals surface area contributed by atoms with E-state index in [2.05, 4.69) is 15.4 Å². The van der Waals surface area contributed by atoms with Crippen LogP contribution in [0.5, 0.6) is 17.2 Å². The Balaban J connectivity index is 1.72. The Morgan fingerprint density at radius 3 is 2.33 bits per heavy atom. The fraction of sp³-hybridized carbons (Fsp3) is 0.350. The van der Waals surface area contributed by atoms with Crippen molar-refractivity contribution in [2.75, 3.05) is 26.6 Å². The minimum Gasteiger partial charge on any atom is -0.493 e. The number of alkyl halides is 2. The summed E-state index contributed by atoms with van der Waals surface area (Å²) < 4.78 is 43.9.